The lowest BCUT2D eigenvalue weighted by atomic mass is 10.0. The fourth-order valence-electron chi connectivity index (χ4n) is 4.76. The zero-order valence-corrected chi connectivity index (χ0v) is 24.4. The van der Waals surface area contributed by atoms with Gasteiger partial charge in [-0.05, 0) is 66.0 Å². The monoisotopic (exact) mass is 579 g/mol. The normalized spacial score (nSPS) is 15.2. The van der Waals surface area contributed by atoms with E-state index in [-0.39, 0.29) is 6.61 Å². The Morgan fingerprint density at radius 1 is 0.837 bits per heavy atom. The molecule has 2 aromatic heterocycles. The van der Waals surface area contributed by atoms with Crippen LogP contribution in [-0.4, -0.2) is 71.1 Å². The minimum Gasteiger partial charge on any atom is -0.490 e. The van der Waals surface area contributed by atoms with Gasteiger partial charge in [0, 0.05) is 47.6 Å². The molecule has 0 saturated carbocycles. The van der Waals surface area contributed by atoms with Crippen molar-refractivity contribution in [2.24, 2.45) is 9.98 Å². The van der Waals surface area contributed by atoms with Gasteiger partial charge in [0.2, 0.25) is 0 Å². The quantitative estimate of drug-likeness (QED) is 0.193. The second-order valence-corrected chi connectivity index (χ2v) is 10.6. The van der Waals surface area contributed by atoms with Gasteiger partial charge < -0.3 is 31.7 Å². The van der Waals surface area contributed by atoms with Crippen molar-refractivity contribution in [3.63, 3.8) is 0 Å². The maximum absolute atomic E-state index is 9.66. The van der Waals surface area contributed by atoms with Gasteiger partial charge in [-0.15, -0.1) is 0 Å². The molecule has 0 radical (unpaired) electrons. The summed E-state index contributed by atoms with van der Waals surface area (Å²) in [5.74, 6) is 1.52. The highest BCUT2D eigenvalue weighted by Gasteiger charge is 2.12. The molecular formula is C33H37N7O3. The Bertz CT molecular complexity index is 1740. The van der Waals surface area contributed by atoms with E-state index >= 15 is 0 Å². The minimum absolute atomic E-state index is 0.246. The highest BCUT2D eigenvalue weighted by Crippen LogP contribution is 2.30. The third-order valence-corrected chi connectivity index (χ3v) is 7.14. The number of hydrogen-bond donors (Lipinski definition) is 5. The number of pyridine rings is 2. The number of nitrogens with one attached hydrogen (secondary N) is 1. The average molecular weight is 580 g/mol. The molecule has 43 heavy (non-hydrogen) atoms. The van der Waals surface area contributed by atoms with E-state index in [1.54, 1.807) is 19.1 Å². The van der Waals surface area contributed by atoms with Crippen LogP contribution < -0.4 is 21.5 Å². The zero-order valence-electron chi connectivity index (χ0n) is 24.4. The molecule has 2 aliphatic rings. The van der Waals surface area contributed by atoms with Gasteiger partial charge >= 0.3 is 0 Å². The number of aliphatic hydroxyl groups excluding tert-OH is 2. The molecule has 0 bridgehead atoms. The number of ether oxygens (including phenoxy) is 1. The number of hydrogen-bond acceptors (Lipinski definition) is 10. The van der Waals surface area contributed by atoms with Crippen molar-refractivity contribution in [2.45, 2.75) is 32.5 Å². The number of benzene rings is 2. The third kappa shape index (κ3) is 7.35. The first-order valence-corrected chi connectivity index (χ1v) is 14.3. The molecule has 2 atom stereocenters. The standard InChI is InChI=1S/C17H19N3O2.C16H18N4O/c1-2-13(21)10-22-16-8-17(18)20-15-7-11(3-4-14(15)16)12-5-6-19-9-12;1-10(21)8-19-14-7-16(17)20-15-6-11(2-3-13(14)15)12-4-5-18-9-12/h3-8,13,21H,2,9-10H2,1H3,(H2,18,20);2-7,10,21H,8-9H2,1H3,(H3,17,19,20)/t13-;10-/m11/s1. The molecular weight excluding hydrogens is 542 g/mol. The van der Waals surface area contributed by atoms with Crippen molar-refractivity contribution in [1.29, 1.82) is 0 Å². The van der Waals surface area contributed by atoms with Crippen LogP contribution in [0.15, 0.2) is 70.7 Å². The number of aliphatic imine (C=N–C) groups is 2. The zero-order chi connectivity index (χ0) is 30.3. The molecule has 0 spiro atoms. The summed E-state index contributed by atoms with van der Waals surface area (Å²) < 4.78 is 5.71. The summed E-state index contributed by atoms with van der Waals surface area (Å²) >= 11 is 0. The lowest BCUT2D eigenvalue weighted by Gasteiger charge is -2.13. The first-order valence-electron chi connectivity index (χ1n) is 14.3. The highest BCUT2D eigenvalue weighted by atomic mass is 16.5. The highest BCUT2D eigenvalue weighted by molar-refractivity contribution is 5.97. The van der Waals surface area contributed by atoms with Crippen LogP contribution in [0.4, 0.5) is 17.3 Å². The van der Waals surface area contributed by atoms with E-state index in [0.717, 1.165) is 44.2 Å². The van der Waals surface area contributed by atoms with Gasteiger partial charge in [-0.25, -0.2) is 9.97 Å². The maximum atomic E-state index is 9.66. The summed E-state index contributed by atoms with van der Waals surface area (Å²) in [7, 11) is 0. The minimum atomic E-state index is -0.482. The van der Waals surface area contributed by atoms with Crippen LogP contribution in [0.25, 0.3) is 33.0 Å². The first kappa shape index (κ1) is 29.7. The van der Waals surface area contributed by atoms with Gasteiger partial charge in [0.1, 0.15) is 24.0 Å². The summed E-state index contributed by atoms with van der Waals surface area (Å²) in [6.07, 6.45) is 7.40. The van der Waals surface area contributed by atoms with Crippen molar-refractivity contribution in [2.75, 3.05) is 43.0 Å². The number of nitrogen functional groups attached to an aromatic ring is 2. The number of anilines is 3. The molecule has 0 aliphatic carbocycles. The molecule has 4 heterocycles. The summed E-state index contributed by atoms with van der Waals surface area (Å²) in [6, 6.07) is 15.6. The van der Waals surface area contributed by atoms with Crippen molar-refractivity contribution < 1.29 is 14.9 Å². The molecule has 7 N–H and O–H groups in total. The molecule has 0 saturated heterocycles. The molecule has 0 amide bonds. The summed E-state index contributed by atoms with van der Waals surface area (Å²) in [6.45, 7) is 5.77. The molecule has 10 heteroatoms. The Morgan fingerprint density at radius 2 is 1.42 bits per heavy atom. The molecule has 4 aromatic rings. The second-order valence-electron chi connectivity index (χ2n) is 10.6. The Kier molecular flexibility index (Phi) is 9.29. The van der Waals surface area contributed by atoms with Gasteiger partial charge in [-0.2, -0.15) is 0 Å². The summed E-state index contributed by atoms with van der Waals surface area (Å²) in [5.41, 5.74) is 18.8. The SMILES string of the molecule is CC[C@@H](O)COc1cc(N)nc2cc(C3=CC=NC3)ccc12.C[C@@H](O)CNc1cc(N)nc2cc(C3=CC=NC3)ccc12. The smallest absolute Gasteiger partial charge is 0.132 e. The Labute approximate surface area is 250 Å². The number of nitrogens with two attached hydrogens (primary N) is 2. The van der Waals surface area contributed by atoms with E-state index in [4.69, 9.17) is 16.2 Å². The first-order chi connectivity index (χ1) is 20.8. The van der Waals surface area contributed by atoms with Gasteiger partial charge in [0.05, 0.1) is 36.3 Å². The van der Waals surface area contributed by atoms with E-state index in [1.165, 1.54) is 5.57 Å². The molecule has 0 unspecified atom stereocenters. The number of aliphatic hydroxyl groups is 2. The van der Waals surface area contributed by atoms with Crippen molar-refractivity contribution in [3.8, 4) is 5.75 Å². The predicted octanol–water partition coefficient (Wildman–Crippen LogP) is 4.51. The molecule has 0 fully saturated rings. The van der Waals surface area contributed by atoms with E-state index in [9.17, 15) is 10.2 Å². The van der Waals surface area contributed by atoms with E-state index in [0.29, 0.717) is 43.4 Å². The maximum Gasteiger partial charge on any atom is 0.132 e. The van der Waals surface area contributed by atoms with Crippen LogP contribution >= 0.6 is 0 Å². The van der Waals surface area contributed by atoms with Crippen LogP contribution in [0.2, 0.25) is 0 Å². The molecule has 222 valence electrons. The van der Waals surface area contributed by atoms with Crippen LogP contribution in [0.5, 0.6) is 5.75 Å². The second kappa shape index (κ2) is 13.5. The predicted molar refractivity (Wildman–Crippen MR) is 177 cm³/mol. The average Bonchev–Trinajstić information content (AvgIpc) is 3.73. The van der Waals surface area contributed by atoms with Crippen LogP contribution in [-0.2, 0) is 0 Å². The lowest BCUT2D eigenvalue weighted by Crippen LogP contribution is -2.16. The number of fused-ring (bicyclic) bond motifs is 2. The lowest BCUT2D eigenvalue weighted by molar-refractivity contribution is 0.105. The Morgan fingerprint density at radius 3 is 1.98 bits per heavy atom. The van der Waals surface area contributed by atoms with Crippen LogP contribution in [0, 0.1) is 0 Å². The van der Waals surface area contributed by atoms with Gasteiger partial charge in [-0.1, -0.05) is 25.1 Å². The van der Waals surface area contributed by atoms with E-state index < -0.39 is 12.2 Å². The van der Waals surface area contributed by atoms with E-state index in [1.807, 2.05) is 61.8 Å². The third-order valence-electron chi connectivity index (χ3n) is 7.14. The van der Waals surface area contributed by atoms with Crippen LogP contribution in [0.3, 0.4) is 0 Å². The van der Waals surface area contributed by atoms with Crippen LogP contribution in [0.1, 0.15) is 31.4 Å². The largest absolute Gasteiger partial charge is 0.490 e. The van der Waals surface area contributed by atoms with Gasteiger partial charge in [-0.3, -0.25) is 9.98 Å². The summed E-state index contributed by atoms with van der Waals surface area (Å²) in [5, 5.41) is 24.2. The number of aromatic nitrogens is 2. The van der Waals surface area contributed by atoms with Gasteiger partial charge in [0.25, 0.3) is 0 Å². The topological polar surface area (TPSA) is 164 Å². The molecule has 10 nitrogen and oxygen atoms in total. The molecule has 2 aliphatic heterocycles. The Balaban J connectivity index is 0.000000171. The molecule has 2 aromatic carbocycles. The number of rotatable bonds is 9. The Hall–Kier alpha value is -4.80. The van der Waals surface area contributed by atoms with Crippen molar-refractivity contribution in [1.82, 2.24) is 9.97 Å². The van der Waals surface area contributed by atoms with Crippen molar-refractivity contribution >= 4 is 62.7 Å². The number of allylic oxidation sites excluding steroid dienone is 2. The fraction of sp³-hybridized carbons (Fsp3) is 0.273. The van der Waals surface area contributed by atoms with E-state index in [2.05, 4.69) is 31.3 Å². The summed E-state index contributed by atoms with van der Waals surface area (Å²) in [4.78, 5) is 17.2. The number of nitrogens with zero attached hydrogens (tertiary/aromatic N) is 4. The van der Waals surface area contributed by atoms with Gasteiger partial charge in [0.15, 0.2) is 0 Å². The van der Waals surface area contributed by atoms with Crippen molar-refractivity contribution in [3.05, 3.63) is 71.8 Å². The fourth-order valence-corrected chi connectivity index (χ4v) is 4.76. The molecule has 6 rings (SSSR count).